The van der Waals surface area contributed by atoms with Crippen LogP contribution in [-0.2, 0) is 4.74 Å². The highest BCUT2D eigenvalue weighted by Crippen LogP contribution is 2.28. The molecule has 1 aliphatic carbocycles. The Hall–Kier alpha value is -0.770. The molecule has 2 N–H and O–H groups in total. The first-order valence-electron chi connectivity index (χ1n) is 8.30. The Morgan fingerprint density at radius 1 is 1.05 bits per heavy atom. The lowest BCUT2D eigenvalue weighted by molar-refractivity contribution is 0.192. The minimum absolute atomic E-state index is 0.869. The van der Waals surface area contributed by atoms with E-state index in [2.05, 4.69) is 15.6 Å². The van der Waals surface area contributed by atoms with E-state index in [4.69, 9.17) is 4.74 Å². The second-order valence-corrected chi connectivity index (χ2v) is 5.77. The summed E-state index contributed by atoms with van der Waals surface area (Å²) in [6.07, 6.45) is 12.0. The number of ether oxygens (including phenoxy) is 1. The highest BCUT2D eigenvalue weighted by molar-refractivity contribution is 5.79. The fraction of sp³-hybridized carbons (Fsp3) is 0.938. The molecule has 1 aliphatic rings. The summed E-state index contributed by atoms with van der Waals surface area (Å²) in [5.41, 5.74) is 0. The molecular formula is C16H33N3O. The Labute approximate surface area is 124 Å². The van der Waals surface area contributed by atoms with Crippen molar-refractivity contribution in [2.45, 2.75) is 57.8 Å². The topological polar surface area (TPSA) is 45.7 Å². The van der Waals surface area contributed by atoms with E-state index in [0.29, 0.717) is 0 Å². The van der Waals surface area contributed by atoms with Gasteiger partial charge in [-0.25, -0.2) is 0 Å². The van der Waals surface area contributed by atoms with Crippen LogP contribution < -0.4 is 10.6 Å². The number of rotatable bonds is 10. The second kappa shape index (κ2) is 12.0. The Kier molecular flexibility index (Phi) is 10.4. The molecule has 20 heavy (non-hydrogen) atoms. The summed E-state index contributed by atoms with van der Waals surface area (Å²) in [5, 5.41) is 6.78. The van der Waals surface area contributed by atoms with Crippen molar-refractivity contribution in [1.29, 1.82) is 0 Å². The van der Waals surface area contributed by atoms with Gasteiger partial charge in [0.15, 0.2) is 5.96 Å². The Bertz CT molecular complexity index is 250. The number of methoxy groups -OCH3 is 1. The second-order valence-electron chi connectivity index (χ2n) is 5.77. The average molecular weight is 283 g/mol. The molecule has 0 saturated heterocycles. The lowest BCUT2D eigenvalue weighted by atomic mass is 10.0. The van der Waals surface area contributed by atoms with Gasteiger partial charge < -0.3 is 15.4 Å². The number of nitrogens with zero attached hydrogens (tertiary/aromatic N) is 1. The maximum absolute atomic E-state index is 5.04. The van der Waals surface area contributed by atoms with Gasteiger partial charge in [0.25, 0.3) is 0 Å². The van der Waals surface area contributed by atoms with Gasteiger partial charge in [-0.15, -0.1) is 0 Å². The number of unbranched alkanes of at least 4 members (excludes halogenated alkanes) is 2. The molecule has 0 amide bonds. The Balaban J connectivity index is 1.93. The molecule has 0 heterocycles. The molecule has 0 unspecified atom stereocenters. The molecule has 0 atom stereocenters. The van der Waals surface area contributed by atoms with Gasteiger partial charge in [-0.05, 0) is 38.0 Å². The van der Waals surface area contributed by atoms with Crippen LogP contribution in [0.15, 0.2) is 4.99 Å². The maximum atomic E-state index is 5.04. The van der Waals surface area contributed by atoms with Crippen LogP contribution in [0.3, 0.4) is 0 Å². The molecule has 0 aromatic heterocycles. The van der Waals surface area contributed by atoms with Crippen molar-refractivity contribution in [3.63, 3.8) is 0 Å². The van der Waals surface area contributed by atoms with Gasteiger partial charge in [0.05, 0.1) is 0 Å². The van der Waals surface area contributed by atoms with E-state index in [1.165, 1.54) is 51.4 Å². The molecule has 0 radical (unpaired) electrons. The molecule has 0 aromatic carbocycles. The lowest BCUT2D eigenvalue weighted by Gasteiger charge is -2.13. The number of guanidine groups is 1. The van der Waals surface area contributed by atoms with Crippen LogP contribution in [0.2, 0.25) is 0 Å². The van der Waals surface area contributed by atoms with Crippen molar-refractivity contribution in [2.75, 3.05) is 33.9 Å². The van der Waals surface area contributed by atoms with Gasteiger partial charge in [0.1, 0.15) is 0 Å². The smallest absolute Gasteiger partial charge is 0.190 e. The van der Waals surface area contributed by atoms with Crippen LogP contribution in [-0.4, -0.2) is 39.8 Å². The zero-order valence-corrected chi connectivity index (χ0v) is 13.4. The van der Waals surface area contributed by atoms with Crippen molar-refractivity contribution >= 4 is 5.96 Å². The predicted molar refractivity (Wildman–Crippen MR) is 86.3 cm³/mol. The highest BCUT2D eigenvalue weighted by atomic mass is 16.5. The number of hydrogen-bond donors (Lipinski definition) is 2. The first-order chi connectivity index (χ1) is 9.86. The van der Waals surface area contributed by atoms with Gasteiger partial charge in [0, 0.05) is 33.9 Å². The molecule has 1 fully saturated rings. The summed E-state index contributed by atoms with van der Waals surface area (Å²) >= 11 is 0. The van der Waals surface area contributed by atoms with Gasteiger partial charge >= 0.3 is 0 Å². The van der Waals surface area contributed by atoms with Crippen molar-refractivity contribution in [1.82, 2.24) is 10.6 Å². The predicted octanol–water partition coefficient (Wildman–Crippen LogP) is 2.94. The minimum atomic E-state index is 0.869. The van der Waals surface area contributed by atoms with Crippen LogP contribution in [0.1, 0.15) is 57.8 Å². The van der Waals surface area contributed by atoms with E-state index in [0.717, 1.165) is 38.0 Å². The van der Waals surface area contributed by atoms with E-state index in [1.807, 2.05) is 7.05 Å². The third-order valence-corrected chi connectivity index (χ3v) is 4.10. The van der Waals surface area contributed by atoms with Gasteiger partial charge in [0.2, 0.25) is 0 Å². The van der Waals surface area contributed by atoms with Gasteiger partial charge in [-0.1, -0.05) is 25.7 Å². The first kappa shape index (κ1) is 17.3. The number of nitrogens with one attached hydrogen (secondary N) is 2. The Morgan fingerprint density at radius 3 is 2.40 bits per heavy atom. The quantitative estimate of drug-likeness (QED) is 0.368. The molecule has 118 valence electrons. The summed E-state index contributed by atoms with van der Waals surface area (Å²) < 4.78 is 5.04. The summed E-state index contributed by atoms with van der Waals surface area (Å²) in [6.45, 7) is 2.90. The van der Waals surface area contributed by atoms with Crippen molar-refractivity contribution in [2.24, 2.45) is 10.9 Å². The fourth-order valence-corrected chi connectivity index (χ4v) is 2.87. The van der Waals surface area contributed by atoms with E-state index in [-0.39, 0.29) is 0 Å². The summed E-state index contributed by atoms with van der Waals surface area (Å²) in [4.78, 5) is 4.26. The van der Waals surface area contributed by atoms with Crippen LogP contribution >= 0.6 is 0 Å². The van der Waals surface area contributed by atoms with Crippen molar-refractivity contribution in [3.05, 3.63) is 0 Å². The van der Waals surface area contributed by atoms with E-state index >= 15 is 0 Å². The summed E-state index contributed by atoms with van der Waals surface area (Å²) in [6, 6.07) is 0. The Morgan fingerprint density at radius 2 is 1.75 bits per heavy atom. The molecule has 0 spiro atoms. The third kappa shape index (κ3) is 8.41. The molecule has 0 aromatic rings. The van der Waals surface area contributed by atoms with Crippen LogP contribution in [0.5, 0.6) is 0 Å². The molecule has 1 rings (SSSR count). The zero-order valence-electron chi connectivity index (χ0n) is 13.4. The SMILES string of the molecule is CN=C(NCCCCCOC)NCCCC1CCCC1. The average Bonchev–Trinajstić information content (AvgIpc) is 2.98. The van der Waals surface area contributed by atoms with Crippen molar-refractivity contribution in [3.8, 4) is 0 Å². The molecule has 0 aliphatic heterocycles. The largest absolute Gasteiger partial charge is 0.385 e. The zero-order chi connectivity index (χ0) is 14.5. The van der Waals surface area contributed by atoms with Crippen LogP contribution in [0.4, 0.5) is 0 Å². The van der Waals surface area contributed by atoms with Crippen molar-refractivity contribution < 1.29 is 4.74 Å². The van der Waals surface area contributed by atoms with E-state index < -0.39 is 0 Å². The lowest BCUT2D eigenvalue weighted by Crippen LogP contribution is -2.38. The monoisotopic (exact) mass is 283 g/mol. The molecule has 4 heteroatoms. The molecule has 4 nitrogen and oxygen atoms in total. The first-order valence-corrected chi connectivity index (χ1v) is 8.30. The molecule has 1 saturated carbocycles. The van der Waals surface area contributed by atoms with Crippen LogP contribution in [0.25, 0.3) is 0 Å². The maximum Gasteiger partial charge on any atom is 0.190 e. The van der Waals surface area contributed by atoms with E-state index in [1.54, 1.807) is 7.11 Å². The molecular weight excluding hydrogens is 250 g/mol. The standard InChI is InChI=1S/C16H33N3O/c1-17-16(18-12-6-3-7-14-20-2)19-13-8-11-15-9-4-5-10-15/h15H,3-14H2,1-2H3,(H2,17,18,19). The fourth-order valence-electron chi connectivity index (χ4n) is 2.87. The summed E-state index contributed by atoms with van der Waals surface area (Å²) in [7, 11) is 3.60. The van der Waals surface area contributed by atoms with E-state index in [9.17, 15) is 0 Å². The normalized spacial score (nSPS) is 16.6. The number of aliphatic imine (C=N–C) groups is 1. The minimum Gasteiger partial charge on any atom is -0.385 e. The van der Waals surface area contributed by atoms with Gasteiger partial charge in [-0.3, -0.25) is 4.99 Å². The third-order valence-electron chi connectivity index (χ3n) is 4.10. The summed E-state index contributed by atoms with van der Waals surface area (Å²) in [5.74, 6) is 1.94. The van der Waals surface area contributed by atoms with Crippen LogP contribution in [0, 0.1) is 5.92 Å². The van der Waals surface area contributed by atoms with Gasteiger partial charge in [-0.2, -0.15) is 0 Å². The molecule has 0 bridgehead atoms. The number of hydrogen-bond acceptors (Lipinski definition) is 2. The highest BCUT2D eigenvalue weighted by Gasteiger charge is 2.13.